The normalized spacial score (nSPS) is 13.6. The SMILES string of the molecule is CCOC(=O)N[C@](Nc1ccc(C)c(C)c1)(C(=O)OCC)C(F)(F)F. The Morgan fingerprint density at radius 1 is 1.04 bits per heavy atom. The maximum Gasteiger partial charge on any atom is 0.442 e. The third kappa shape index (κ3) is 4.77. The van der Waals surface area contributed by atoms with Crippen molar-refractivity contribution in [1.29, 1.82) is 0 Å². The number of amides is 1. The van der Waals surface area contributed by atoms with Gasteiger partial charge in [0.1, 0.15) is 0 Å². The maximum atomic E-state index is 13.8. The molecule has 0 unspecified atom stereocenters. The van der Waals surface area contributed by atoms with Crippen molar-refractivity contribution in [3.63, 3.8) is 0 Å². The monoisotopic (exact) mass is 362 g/mol. The molecule has 0 aliphatic rings. The number of alkyl carbamates (subject to hydrolysis) is 1. The molecule has 1 aromatic carbocycles. The highest BCUT2D eigenvalue weighted by molar-refractivity contribution is 5.89. The van der Waals surface area contributed by atoms with Gasteiger partial charge < -0.3 is 14.8 Å². The minimum absolute atomic E-state index is 0.00900. The number of ether oxygens (including phenoxy) is 2. The molecule has 0 aliphatic heterocycles. The van der Waals surface area contributed by atoms with Gasteiger partial charge in [-0.3, -0.25) is 5.32 Å². The van der Waals surface area contributed by atoms with E-state index in [4.69, 9.17) is 0 Å². The van der Waals surface area contributed by atoms with Crippen molar-refractivity contribution in [3.8, 4) is 0 Å². The Labute approximate surface area is 143 Å². The molecule has 6 nitrogen and oxygen atoms in total. The number of carbonyl (C=O) groups is 2. The molecule has 0 aromatic heterocycles. The van der Waals surface area contributed by atoms with Crippen molar-refractivity contribution in [2.24, 2.45) is 0 Å². The summed E-state index contributed by atoms with van der Waals surface area (Å²) in [4.78, 5) is 23.8. The van der Waals surface area contributed by atoms with Crippen LogP contribution in [-0.2, 0) is 14.3 Å². The number of nitrogens with one attached hydrogen (secondary N) is 2. The van der Waals surface area contributed by atoms with Gasteiger partial charge in [-0.15, -0.1) is 0 Å². The van der Waals surface area contributed by atoms with Crippen LogP contribution in [0.25, 0.3) is 0 Å². The summed E-state index contributed by atoms with van der Waals surface area (Å²) < 4.78 is 50.4. The predicted octanol–water partition coefficient (Wildman–Crippen LogP) is 3.28. The second-order valence-electron chi connectivity index (χ2n) is 5.24. The van der Waals surface area contributed by atoms with E-state index in [0.717, 1.165) is 5.56 Å². The molecule has 0 bridgehead atoms. The fraction of sp³-hybridized carbons (Fsp3) is 0.500. The average molecular weight is 362 g/mol. The molecule has 1 aromatic rings. The number of rotatable bonds is 6. The number of alkyl halides is 3. The van der Waals surface area contributed by atoms with Gasteiger partial charge in [0.2, 0.25) is 0 Å². The highest BCUT2D eigenvalue weighted by Crippen LogP contribution is 2.33. The van der Waals surface area contributed by atoms with Crippen molar-refractivity contribution < 1.29 is 32.2 Å². The van der Waals surface area contributed by atoms with Gasteiger partial charge in [-0.2, -0.15) is 13.2 Å². The Kier molecular flexibility index (Phi) is 6.66. The van der Waals surface area contributed by atoms with Gasteiger partial charge in [-0.25, -0.2) is 9.59 Å². The number of hydrogen-bond acceptors (Lipinski definition) is 5. The van der Waals surface area contributed by atoms with Crippen molar-refractivity contribution in [1.82, 2.24) is 5.32 Å². The van der Waals surface area contributed by atoms with E-state index in [9.17, 15) is 22.8 Å². The molecule has 0 saturated carbocycles. The highest BCUT2D eigenvalue weighted by Gasteiger charge is 2.64. The number of carbonyl (C=O) groups excluding carboxylic acids is 2. The minimum atomic E-state index is -5.19. The molecule has 0 saturated heterocycles. The smallest absolute Gasteiger partial charge is 0.442 e. The zero-order valence-corrected chi connectivity index (χ0v) is 14.4. The van der Waals surface area contributed by atoms with E-state index in [1.54, 1.807) is 25.2 Å². The molecule has 140 valence electrons. The lowest BCUT2D eigenvalue weighted by Crippen LogP contribution is -2.69. The van der Waals surface area contributed by atoms with Crippen LogP contribution in [0.5, 0.6) is 0 Å². The van der Waals surface area contributed by atoms with E-state index in [0.29, 0.717) is 5.56 Å². The largest absolute Gasteiger partial charge is 0.463 e. The summed E-state index contributed by atoms with van der Waals surface area (Å²) in [6.07, 6.45) is -6.59. The molecule has 0 heterocycles. The lowest BCUT2D eigenvalue weighted by Gasteiger charge is -2.35. The lowest BCUT2D eigenvalue weighted by molar-refractivity contribution is -0.205. The van der Waals surface area contributed by atoms with E-state index in [1.165, 1.54) is 26.0 Å². The van der Waals surface area contributed by atoms with Crippen LogP contribution in [0.4, 0.5) is 23.7 Å². The van der Waals surface area contributed by atoms with Crippen molar-refractivity contribution in [2.45, 2.75) is 39.5 Å². The number of benzene rings is 1. The zero-order chi connectivity index (χ0) is 19.3. The van der Waals surface area contributed by atoms with E-state index >= 15 is 0 Å². The van der Waals surface area contributed by atoms with Gasteiger partial charge in [0, 0.05) is 5.69 Å². The molecular weight excluding hydrogens is 341 g/mol. The molecule has 0 fully saturated rings. The summed E-state index contributed by atoms with van der Waals surface area (Å²) in [5.74, 6) is -1.69. The molecule has 25 heavy (non-hydrogen) atoms. The molecule has 1 atom stereocenters. The van der Waals surface area contributed by atoms with Gasteiger partial charge in [-0.05, 0) is 51.0 Å². The fourth-order valence-corrected chi connectivity index (χ4v) is 1.99. The summed E-state index contributed by atoms with van der Waals surface area (Å²) in [6.45, 7) is 5.83. The number of hydrogen-bond donors (Lipinski definition) is 2. The quantitative estimate of drug-likeness (QED) is 0.600. The van der Waals surface area contributed by atoms with E-state index in [2.05, 4.69) is 14.8 Å². The Hall–Kier alpha value is -2.45. The molecule has 1 amide bonds. The standard InChI is InChI=1S/C16H21F3N2O4/c1-5-24-13(22)15(16(17,18)19,21-14(23)25-6-2)20-12-8-7-10(3)11(4)9-12/h7-9,20H,5-6H2,1-4H3,(H,21,23)/t15-/m1/s1. The Morgan fingerprint density at radius 3 is 2.12 bits per heavy atom. The summed E-state index contributed by atoms with van der Waals surface area (Å²) in [6, 6.07) is 4.39. The molecule has 2 N–H and O–H groups in total. The molecular formula is C16H21F3N2O4. The Bertz CT molecular complexity index is 634. The second kappa shape index (κ2) is 8.09. The predicted molar refractivity (Wildman–Crippen MR) is 85.1 cm³/mol. The topological polar surface area (TPSA) is 76.7 Å². The van der Waals surface area contributed by atoms with Crippen molar-refractivity contribution in [3.05, 3.63) is 29.3 Å². The van der Waals surface area contributed by atoms with Crippen LogP contribution in [0.2, 0.25) is 0 Å². The number of aryl methyl sites for hydroxylation is 2. The van der Waals surface area contributed by atoms with E-state index < -0.39 is 23.9 Å². The zero-order valence-electron chi connectivity index (χ0n) is 14.4. The third-order valence-corrected chi connectivity index (χ3v) is 3.41. The van der Waals surface area contributed by atoms with Gasteiger partial charge in [0.05, 0.1) is 13.2 Å². The third-order valence-electron chi connectivity index (χ3n) is 3.41. The highest BCUT2D eigenvalue weighted by atomic mass is 19.4. The number of halogens is 3. The van der Waals surface area contributed by atoms with Crippen LogP contribution >= 0.6 is 0 Å². The van der Waals surface area contributed by atoms with Crippen LogP contribution in [0, 0.1) is 13.8 Å². The van der Waals surface area contributed by atoms with E-state index in [-0.39, 0.29) is 18.9 Å². The summed E-state index contributed by atoms with van der Waals surface area (Å²) in [5.41, 5.74) is -1.92. The average Bonchev–Trinajstić information content (AvgIpc) is 2.49. The Morgan fingerprint density at radius 2 is 1.64 bits per heavy atom. The van der Waals surface area contributed by atoms with Crippen LogP contribution in [-0.4, -0.2) is 37.1 Å². The summed E-state index contributed by atoms with van der Waals surface area (Å²) in [7, 11) is 0. The second-order valence-corrected chi connectivity index (χ2v) is 5.24. The van der Waals surface area contributed by atoms with Crippen LogP contribution in [0.15, 0.2) is 18.2 Å². The first-order valence-corrected chi connectivity index (χ1v) is 7.61. The van der Waals surface area contributed by atoms with E-state index in [1.807, 2.05) is 0 Å². The molecule has 0 radical (unpaired) electrons. The lowest BCUT2D eigenvalue weighted by atomic mass is 10.1. The summed E-state index contributed by atoms with van der Waals surface area (Å²) in [5, 5.41) is 3.63. The van der Waals surface area contributed by atoms with Crippen LogP contribution < -0.4 is 10.6 Å². The van der Waals surface area contributed by atoms with Crippen LogP contribution in [0.1, 0.15) is 25.0 Å². The van der Waals surface area contributed by atoms with Crippen molar-refractivity contribution >= 4 is 17.7 Å². The van der Waals surface area contributed by atoms with Gasteiger partial charge in [-0.1, -0.05) is 6.07 Å². The molecule has 9 heteroatoms. The molecule has 0 spiro atoms. The van der Waals surface area contributed by atoms with Gasteiger partial charge >= 0.3 is 23.9 Å². The first-order valence-electron chi connectivity index (χ1n) is 7.61. The number of anilines is 1. The minimum Gasteiger partial charge on any atom is -0.463 e. The first kappa shape index (κ1) is 20.6. The molecule has 0 aliphatic carbocycles. The fourth-order valence-electron chi connectivity index (χ4n) is 1.99. The summed E-state index contributed by atoms with van der Waals surface area (Å²) >= 11 is 0. The Balaban J connectivity index is 3.37. The van der Waals surface area contributed by atoms with Gasteiger partial charge in [0.25, 0.3) is 0 Å². The molecule has 1 rings (SSSR count). The number of esters is 1. The van der Waals surface area contributed by atoms with Crippen molar-refractivity contribution in [2.75, 3.05) is 18.5 Å². The van der Waals surface area contributed by atoms with Crippen LogP contribution in [0.3, 0.4) is 0 Å². The maximum absolute atomic E-state index is 13.8. The van der Waals surface area contributed by atoms with Gasteiger partial charge in [0.15, 0.2) is 0 Å². The first-order chi connectivity index (χ1) is 11.6.